The standard InChI is InChI=1S/C22H28N2O5S/c1-17-14-20(8-9-21(17)28-2)30(26,27)23-15-18-10-12-24(13-11-18)22(25)16-29-19-6-4-3-5-7-19/h3-9,14,18,23H,10-13,15-16H2,1-2H3. The number of benzene rings is 2. The van der Waals surface area contributed by atoms with Crippen LogP contribution in [-0.2, 0) is 14.8 Å². The van der Waals surface area contributed by atoms with E-state index in [1.54, 1.807) is 30.2 Å². The Kier molecular flexibility index (Phi) is 7.33. The number of nitrogens with zero attached hydrogens (tertiary/aromatic N) is 1. The Morgan fingerprint density at radius 1 is 1.13 bits per heavy atom. The largest absolute Gasteiger partial charge is 0.496 e. The zero-order valence-electron chi connectivity index (χ0n) is 17.3. The van der Waals surface area contributed by atoms with Crippen LogP contribution >= 0.6 is 0 Å². The third-order valence-electron chi connectivity index (χ3n) is 5.31. The highest BCUT2D eigenvalue weighted by Gasteiger charge is 2.25. The van der Waals surface area contributed by atoms with E-state index in [1.165, 1.54) is 0 Å². The van der Waals surface area contributed by atoms with Crippen molar-refractivity contribution in [3.63, 3.8) is 0 Å². The lowest BCUT2D eigenvalue weighted by Gasteiger charge is -2.32. The van der Waals surface area contributed by atoms with Crippen molar-refractivity contribution in [2.24, 2.45) is 5.92 Å². The van der Waals surface area contributed by atoms with Crippen molar-refractivity contribution >= 4 is 15.9 Å². The molecule has 0 saturated carbocycles. The Morgan fingerprint density at radius 3 is 2.47 bits per heavy atom. The summed E-state index contributed by atoms with van der Waals surface area (Å²) >= 11 is 0. The number of piperidine rings is 1. The van der Waals surface area contributed by atoms with E-state index < -0.39 is 10.0 Å². The van der Waals surface area contributed by atoms with Crippen LogP contribution in [-0.4, -0.2) is 52.6 Å². The molecule has 0 atom stereocenters. The van der Waals surface area contributed by atoms with E-state index in [9.17, 15) is 13.2 Å². The van der Waals surface area contributed by atoms with E-state index in [0.29, 0.717) is 31.1 Å². The minimum atomic E-state index is -3.58. The Hall–Kier alpha value is -2.58. The molecule has 0 radical (unpaired) electrons. The van der Waals surface area contributed by atoms with Gasteiger partial charge in [0.1, 0.15) is 11.5 Å². The lowest BCUT2D eigenvalue weighted by atomic mass is 9.97. The van der Waals surface area contributed by atoms with E-state index in [4.69, 9.17) is 9.47 Å². The normalized spacial score (nSPS) is 15.1. The Balaban J connectivity index is 1.45. The summed E-state index contributed by atoms with van der Waals surface area (Å²) in [7, 11) is -2.03. The maximum absolute atomic E-state index is 12.6. The van der Waals surface area contributed by atoms with Crippen LogP contribution < -0.4 is 14.2 Å². The van der Waals surface area contributed by atoms with E-state index in [-0.39, 0.29) is 23.3 Å². The van der Waals surface area contributed by atoms with E-state index in [1.807, 2.05) is 37.3 Å². The van der Waals surface area contributed by atoms with Crippen molar-refractivity contribution < 1.29 is 22.7 Å². The number of nitrogens with one attached hydrogen (secondary N) is 1. The number of amides is 1. The molecule has 8 heteroatoms. The third kappa shape index (κ3) is 5.73. The summed E-state index contributed by atoms with van der Waals surface area (Å²) in [6.07, 6.45) is 1.50. The summed E-state index contributed by atoms with van der Waals surface area (Å²) < 4.78 is 38.6. The van der Waals surface area contributed by atoms with Crippen LogP contribution in [0.25, 0.3) is 0 Å². The Labute approximate surface area is 178 Å². The zero-order chi connectivity index (χ0) is 21.6. The van der Waals surface area contributed by atoms with Gasteiger partial charge in [0.25, 0.3) is 5.91 Å². The number of rotatable bonds is 8. The van der Waals surface area contributed by atoms with Crippen molar-refractivity contribution in [1.82, 2.24) is 9.62 Å². The summed E-state index contributed by atoms with van der Waals surface area (Å²) in [5, 5.41) is 0. The van der Waals surface area contributed by atoms with Gasteiger partial charge >= 0.3 is 0 Å². The first kappa shape index (κ1) is 22.1. The van der Waals surface area contributed by atoms with Gasteiger partial charge in [-0.3, -0.25) is 4.79 Å². The predicted molar refractivity (Wildman–Crippen MR) is 114 cm³/mol. The van der Waals surface area contributed by atoms with E-state index in [0.717, 1.165) is 18.4 Å². The maximum Gasteiger partial charge on any atom is 0.260 e. The highest BCUT2D eigenvalue weighted by atomic mass is 32.2. The highest BCUT2D eigenvalue weighted by Crippen LogP contribution is 2.22. The van der Waals surface area contributed by atoms with Crippen molar-refractivity contribution in [3.8, 4) is 11.5 Å². The molecule has 1 N–H and O–H groups in total. The van der Waals surface area contributed by atoms with Gasteiger partial charge in [-0.15, -0.1) is 0 Å². The van der Waals surface area contributed by atoms with Crippen LogP contribution in [0.1, 0.15) is 18.4 Å². The van der Waals surface area contributed by atoms with Crippen LogP contribution in [0.2, 0.25) is 0 Å². The molecule has 1 aliphatic rings. The first-order chi connectivity index (χ1) is 14.4. The lowest BCUT2D eigenvalue weighted by Crippen LogP contribution is -2.43. The molecule has 162 valence electrons. The average Bonchev–Trinajstić information content (AvgIpc) is 2.77. The number of sulfonamides is 1. The molecule has 1 saturated heterocycles. The molecule has 0 unspecified atom stereocenters. The predicted octanol–water partition coefficient (Wildman–Crippen LogP) is 2.60. The molecule has 7 nitrogen and oxygen atoms in total. The van der Waals surface area contributed by atoms with Gasteiger partial charge in [0.15, 0.2) is 6.61 Å². The summed E-state index contributed by atoms with van der Waals surface area (Å²) in [6.45, 7) is 3.39. The molecule has 2 aromatic carbocycles. The molecule has 1 aliphatic heterocycles. The Bertz CT molecular complexity index is 955. The number of likely N-dealkylation sites (tertiary alicyclic amines) is 1. The quantitative estimate of drug-likeness (QED) is 0.693. The molecule has 0 bridgehead atoms. The first-order valence-electron chi connectivity index (χ1n) is 9.99. The second-order valence-corrected chi connectivity index (χ2v) is 9.18. The smallest absolute Gasteiger partial charge is 0.260 e. The van der Waals surface area contributed by atoms with Gasteiger partial charge < -0.3 is 14.4 Å². The third-order valence-corrected chi connectivity index (χ3v) is 6.73. The molecule has 1 amide bonds. The highest BCUT2D eigenvalue weighted by molar-refractivity contribution is 7.89. The number of carbonyl (C=O) groups excluding carboxylic acids is 1. The first-order valence-corrected chi connectivity index (χ1v) is 11.5. The molecular formula is C22H28N2O5S. The van der Waals surface area contributed by atoms with Gasteiger partial charge in [-0.2, -0.15) is 0 Å². The topological polar surface area (TPSA) is 84.9 Å². The summed E-state index contributed by atoms with van der Waals surface area (Å²) in [6, 6.07) is 14.1. The monoisotopic (exact) mass is 432 g/mol. The summed E-state index contributed by atoms with van der Waals surface area (Å²) in [4.78, 5) is 14.4. The molecule has 0 aromatic heterocycles. The average molecular weight is 433 g/mol. The SMILES string of the molecule is COc1ccc(S(=O)(=O)NCC2CCN(C(=O)COc3ccccc3)CC2)cc1C. The number of hydrogen-bond donors (Lipinski definition) is 1. The zero-order valence-corrected chi connectivity index (χ0v) is 18.2. The van der Waals surface area contributed by atoms with Gasteiger partial charge in [-0.1, -0.05) is 18.2 Å². The minimum absolute atomic E-state index is 0.0120. The second kappa shape index (κ2) is 9.95. The van der Waals surface area contributed by atoms with Crippen molar-refractivity contribution in [2.75, 3.05) is 33.4 Å². The minimum Gasteiger partial charge on any atom is -0.496 e. The fraction of sp³-hybridized carbons (Fsp3) is 0.409. The van der Waals surface area contributed by atoms with Gasteiger partial charge in [0.2, 0.25) is 10.0 Å². The number of aryl methyl sites for hydroxylation is 1. The van der Waals surface area contributed by atoms with Crippen LogP contribution in [0.15, 0.2) is 53.4 Å². The number of carbonyl (C=O) groups is 1. The second-order valence-electron chi connectivity index (χ2n) is 7.41. The number of ether oxygens (including phenoxy) is 2. The molecular weight excluding hydrogens is 404 g/mol. The molecule has 30 heavy (non-hydrogen) atoms. The molecule has 0 spiro atoms. The maximum atomic E-state index is 12.6. The van der Waals surface area contributed by atoms with Gasteiger partial charge in [-0.25, -0.2) is 13.1 Å². The van der Waals surface area contributed by atoms with E-state index in [2.05, 4.69) is 4.72 Å². The van der Waals surface area contributed by atoms with Crippen molar-refractivity contribution in [2.45, 2.75) is 24.7 Å². The molecule has 1 heterocycles. The van der Waals surface area contributed by atoms with Crippen molar-refractivity contribution in [1.29, 1.82) is 0 Å². The van der Waals surface area contributed by atoms with Crippen LogP contribution in [0.3, 0.4) is 0 Å². The molecule has 3 rings (SSSR count). The summed E-state index contributed by atoms with van der Waals surface area (Å²) in [5.41, 5.74) is 0.768. The van der Waals surface area contributed by atoms with Gasteiger partial charge in [0.05, 0.1) is 12.0 Å². The number of para-hydroxylation sites is 1. The van der Waals surface area contributed by atoms with Crippen LogP contribution in [0.4, 0.5) is 0 Å². The summed E-state index contributed by atoms with van der Waals surface area (Å²) in [5.74, 6) is 1.47. The number of hydrogen-bond acceptors (Lipinski definition) is 5. The lowest BCUT2D eigenvalue weighted by molar-refractivity contribution is -0.134. The van der Waals surface area contributed by atoms with E-state index >= 15 is 0 Å². The van der Waals surface area contributed by atoms with Crippen LogP contribution in [0, 0.1) is 12.8 Å². The van der Waals surface area contributed by atoms with Gasteiger partial charge in [-0.05, 0) is 61.6 Å². The fourth-order valence-corrected chi connectivity index (χ4v) is 4.67. The van der Waals surface area contributed by atoms with Crippen molar-refractivity contribution in [3.05, 3.63) is 54.1 Å². The Morgan fingerprint density at radius 2 is 1.83 bits per heavy atom. The van der Waals surface area contributed by atoms with Gasteiger partial charge in [0, 0.05) is 19.6 Å². The van der Waals surface area contributed by atoms with Crippen LogP contribution in [0.5, 0.6) is 11.5 Å². The fourth-order valence-electron chi connectivity index (χ4n) is 3.47. The number of methoxy groups -OCH3 is 1. The molecule has 0 aliphatic carbocycles. The molecule has 1 fully saturated rings. The molecule has 2 aromatic rings.